The zero-order valence-electron chi connectivity index (χ0n) is 15.0. The normalized spacial score (nSPS) is 16.7. The number of hydrogen-bond donors (Lipinski definition) is 1. The SMILES string of the molecule is CC(=O)c1cn(CCC(=O)Nc2nnc(C3CCCO3)s2)c2ccccc12. The molecule has 4 rings (SSSR count). The number of nitrogens with one attached hydrogen (secondary N) is 1. The monoisotopic (exact) mass is 384 g/mol. The van der Waals surface area contributed by atoms with Gasteiger partial charge in [-0.2, -0.15) is 0 Å². The first kappa shape index (κ1) is 17.8. The van der Waals surface area contributed by atoms with Crippen molar-refractivity contribution in [3.63, 3.8) is 0 Å². The average molecular weight is 384 g/mol. The van der Waals surface area contributed by atoms with Gasteiger partial charge in [0.2, 0.25) is 11.0 Å². The molecule has 1 saturated heterocycles. The third kappa shape index (κ3) is 3.77. The molecule has 1 atom stereocenters. The van der Waals surface area contributed by atoms with Crippen molar-refractivity contribution in [2.75, 3.05) is 11.9 Å². The summed E-state index contributed by atoms with van der Waals surface area (Å²) < 4.78 is 7.54. The number of aryl methyl sites for hydroxylation is 1. The second-order valence-electron chi connectivity index (χ2n) is 6.55. The Hall–Kier alpha value is -2.58. The lowest BCUT2D eigenvalue weighted by atomic mass is 10.1. The maximum atomic E-state index is 12.3. The van der Waals surface area contributed by atoms with E-state index < -0.39 is 0 Å². The van der Waals surface area contributed by atoms with Gasteiger partial charge in [0, 0.05) is 42.2 Å². The maximum absolute atomic E-state index is 12.3. The molecule has 7 nitrogen and oxygen atoms in total. The number of Topliss-reactive ketones (excluding diaryl/α,β-unsaturated/α-hetero) is 1. The molecule has 0 spiro atoms. The van der Waals surface area contributed by atoms with Crippen LogP contribution in [0.4, 0.5) is 5.13 Å². The first-order valence-electron chi connectivity index (χ1n) is 8.95. The summed E-state index contributed by atoms with van der Waals surface area (Å²) in [6.45, 7) is 2.79. The Morgan fingerprint density at radius 2 is 2.19 bits per heavy atom. The molecule has 1 unspecified atom stereocenters. The average Bonchev–Trinajstić information content (AvgIpc) is 3.39. The van der Waals surface area contributed by atoms with Crippen LogP contribution in [-0.2, 0) is 16.1 Å². The van der Waals surface area contributed by atoms with Crippen LogP contribution < -0.4 is 5.32 Å². The zero-order chi connectivity index (χ0) is 18.8. The predicted molar refractivity (Wildman–Crippen MR) is 103 cm³/mol. The van der Waals surface area contributed by atoms with Gasteiger partial charge >= 0.3 is 0 Å². The molecule has 2 aromatic heterocycles. The van der Waals surface area contributed by atoms with Gasteiger partial charge in [0.25, 0.3) is 0 Å². The van der Waals surface area contributed by atoms with Gasteiger partial charge in [-0.05, 0) is 25.8 Å². The van der Waals surface area contributed by atoms with E-state index in [9.17, 15) is 9.59 Å². The number of carbonyl (C=O) groups excluding carboxylic acids is 2. The van der Waals surface area contributed by atoms with Crippen molar-refractivity contribution >= 4 is 39.1 Å². The number of fused-ring (bicyclic) bond motifs is 1. The Balaban J connectivity index is 1.41. The number of benzene rings is 1. The number of amides is 1. The molecule has 140 valence electrons. The van der Waals surface area contributed by atoms with Crippen LogP contribution in [0.1, 0.15) is 47.7 Å². The molecule has 3 heterocycles. The highest BCUT2D eigenvalue weighted by Gasteiger charge is 2.22. The quantitative estimate of drug-likeness (QED) is 0.657. The minimum Gasteiger partial charge on any atom is -0.371 e. The summed E-state index contributed by atoms with van der Waals surface area (Å²) in [6.07, 6.45) is 4.08. The van der Waals surface area contributed by atoms with E-state index >= 15 is 0 Å². The number of carbonyl (C=O) groups is 2. The fourth-order valence-electron chi connectivity index (χ4n) is 3.30. The zero-order valence-corrected chi connectivity index (χ0v) is 15.8. The summed E-state index contributed by atoms with van der Waals surface area (Å²) in [5.74, 6) is -0.114. The van der Waals surface area contributed by atoms with Gasteiger partial charge in [0.05, 0.1) is 0 Å². The Kier molecular flexibility index (Phi) is 5.00. The largest absolute Gasteiger partial charge is 0.371 e. The van der Waals surface area contributed by atoms with Crippen molar-refractivity contribution in [3.8, 4) is 0 Å². The Morgan fingerprint density at radius 1 is 1.33 bits per heavy atom. The summed E-state index contributed by atoms with van der Waals surface area (Å²) in [5.41, 5.74) is 1.63. The Morgan fingerprint density at radius 3 is 2.96 bits per heavy atom. The van der Waals surface area contributed by atoms with Crippen LogP contribution in [0.3, 0.4) is 0 Å². The third-order valence-electron chi connectivity index (χ3n) is 4.64. The van der Waals surface area contributed by atoms with E-state index in [1.807, 2.05) is 35.0 Å². The van der Waals surface area contributed by atoms with E-state index in [0.717, 1.165) is 35.4 Å². The van der Waals surface area contributed by atoms with Gasteiger partial charge < -0.3 is 14.6 Å². The van der Waals surface area contributed by atoms with E-state index in [1.165, 1.54) is 11.3 Å². The summed E-state index contributed by atoms with van der Waals surface area (Å²) in [7, 11) is 0. The van der Waals surface area contributed by atoms with Crippen molar-refractivity contribution in [1.82, 2.24) is 14.8 Å². The topological polar surface area (TPSA) is 86.1 Å². The lowest BCUT2D eigenvalue weighted by Crippen LogP contribution is -2.14. The molecule has 1 aliphatic heterocycles. The highest BCUT2D eigenvalue weighted by Crippen LogP contribution is 2.32. The van der Waals surface area contributed by atoms with Crippen LogP contribution >= 0.6 is 11.3 Å². The van der Waals surface area contributed by atoms with Crippen LogP contribution in [-0.4, -0.2) is 33.1 Å². The maximum Gasteiger partial charge on any atom is 0.227 e. The molecular formula is C19H20N4O3S. The molecule has 1 amide bonds. The molecule has 3 aromatic rings. The number of aromatic nitrogens is 3. The van der Waals surface area contributed by atoms with Gasteiger partial charge in [-0.1, -0.05) is 29.5 Å². The minimum atomic E-state index is -0.132. The highest BCUT2D eigenvalue weighted by molar-refractivity contribution is 7.15. The highest BCUT2D eigenvalue weighted by atomic mass is 32.1. The molecule has 0 bridgehead atoms. The second kappa shape index (κ2) is 7.58. The predicted octanol–water partition coefficient (Wildman–Crippen LogP) is 3.58. The molecule has 27 heavy (non-hydrogen) atoms. The van der Waals surface area contributed by atoms with Crippen molar-refractivity contribution in [1.29, 1.82) is 0 Å². The number of anilines is 1. The molecule has 1 aromatic carbocycles. The Labute approximate surface area is 160 Å². The lowest BCUT2D eigenvalue weighted by Gasteiger charge is -2.05. The molecule has 0 radical (unpaired) electrons. The standard InChI is InChI=1S/C19H20N4O3S/c1-12(24)14-11-23(15-6-3-2-5-13(14)15)9-8-17(25)20-19-22-21-18(27-19)16-7-4-10-26-16/h2-3,5-6,11,16H,4,7-10H2,1H3,(H,20,22,25). The number of hydrogen-bond acceptors (Lipinski definition) is 6. The molecule has 1 aliphatic rings. The van der Waals surface area contributed by atoms with Gasteiger partial charge in [-0.3, -0.25) is 9.59 Å². The molecule has 8 heteroatoms. The first-order valence-corrected chi connectivity index (χ1v) is 9.77. The van der Waals surface area contributed by atoms with Gasteiger partial charge in [-0.25, -0.2) is 0 Å². The van der Waals surface area contributed by atoms with E-state index in [2.05, 4.69) is 15.5 Å². The summed E-state index contributed by atoms with van der Waals surface area (Å²) >= 11 is 1.36. The van der Waals surface area contributed by atoms with Crippen molar-refractivity contribution in [3.05, 3.63) is 41.0 Å². The smallest absolute Gasteiger partial charge is 0.227 e. The lowest BCUT2D eigenvalue weighted by molar-refractivity contribution is -0.116. The number of ether oxygens (including phenoxy) is 1. The molecule has 0 aliphatic carbocycles. The number of rotatable bonds is 6. The van der Waals surface area contributed by atoms with Gasteiger partial charge in [0.15, 0.2) is 5.78 Å². The fourth-order valence-corrected chi connectivity index (χ4v) is 4.15. The van der Waals surface area contributed by atoms with Crippen LogP contribution in [0, 0.1) is 0 Å². The third-order valence-corrected chi connectivity index (χ3v) is 5.57. The summed E-state index contributed by atoms with van der Waals surface area (Å²) in [6, 6.07) is 7.72. The van der Waals surface area contributed by atoms with Gasteiger partial charge in [0.1, 0.15) is 11.1 Å². The fraction of sp³-hybridized carbons (Fsp3) is 0.368. The van der Waals surface area contributed by atoms with E-state index in [4.69, 9.17) is 4.74 Å². The number of ketones is 1. The molecule has 0 saturated carbocycles. The van der Waals surface area contributed by atoms with Crippen LogP contribution in [0.5, 0.6) is 0 Å². The summed E-state index contributed by atoms with van der Waals surface area (Å²) in [4.78, 5) is 24.2. The van der Waals surface area contributed by atoms with Crippen LogP contribution in [0.15, 0.2) is 30.5 Å². The number of para-hydroxylation sites is 1. The van der Waals surface area contributed by atoms with Crippen LogP contribution in [0.2, 0.25) is 0 Å². The van der Waals surface area contributed by atoms with E-state index in [-0.39, 0.29) is 24.2 Å². The first-order chi connectivity index (χ1) is 13.1. The summed E-state index contributed by atoms with van der Waals surface area (Å²) in [5, 5.41) is 13.2. The van der Waals surface area contributed by atoms with Gasteiger partial charge in [-0.15, -0.1) is 10.2 Å². The van der Waals surface area contributed by atoms with E-state index in [1.54, 1.807) is 6.92 Å². The number of nitrogens with zero attached hydrogens (tertiary/aromatic N) is 3. The second-order valence-corrected chi connectivity index (χ2v) is 7.56. The molecular weight excluding hydrogens is 364 g/mol. The molecule has 1 N–H and O–H groups in total. The van der Waals surface area contributed by atoms with Crippen LogP contribution in [0.25, 0.3) is 10.9 Å². The van der Waals surface area contributed by atoms with Crippen molar-refractivity contribution < 1.29 is 14.3 Å². The van der Waals surface area contributed by atoms with E-state index in [0.29, 0.717) is 17.2 Å². The van der Waals surface area contributed by atoms with Crippen molar-refractivity contribution in [2.45, 2.75) is 38.8 Å². The van der Waals surface area contributed by atoms with Crippen molar-refractivity contribution in [2.24, 2.45) is 0 Å². The molecule has 1 fully saturated rings. The minimum absolute atomic E-state index is 0.00407. The Bertz CT molecular complexity index is 988.